The van der Waals surface area contributed by atoms with Gasteiger partial charge in [0.15, 0.2) is 0 Å². The maximum Gasteiger partial charge on any atom is 0.459 e. The van der Waals surface area contributed by atoms with Gasteiger partial charge in [0.25, 0.3) is 0 Å². The Morgan fingerprint density at radius 1 is 0.938 bits per heavy atom. The first kappa shape index (κ1) is 13.4. The van der Waals surface area contributed by atoms with Crippen LogP contribution in [-0.2, 0) is 14.3 Å². The fourth-order valence-corrected chi connectivity index (χ4v) is 1.79. The quantitative estimate of drug-likeness (QED) is 0.543. The molecule has 0 aromatic heterocycles. The van der Waals surface area contributed by atoms with E-state index >= 15 is 0 Å². The van der Waals surface area contributed by atoms with Crippen molar-refractivity contribution < 1.29 is 47.7 Å². The molecule has 1 fully saturated rings. The van der Waals surface area contributed by atoms with E-state index in [1.165, 1.54) is 0 Å². The Labute approximate surface area is 82.1 Å². The summed E-state index contributed by atoms with van der Waals surface area (Å²) in [6.45, 7) is 0. The Bertz CT molecular complexity index is 409. The third-order valence-electron chi connectivity index (χ3n) is 1.67. The molecule has 1 aliphatic heterocycles. The predicted octanol–water partition coefficient (Wildman–Crippen LogP) is 1.80. The molecule has 3 nitrogen and oxygen atoms in total. The van der Waals surface area contributed by atoms with Crippen LogP contribution < -0.4 is 0 Å². The highest BCUT2D eigenvalue weighted by atomic mass is 32.2. The molecule has 1 heterocycles. The van der Waals surface area contributed by atoms with E-state index in [0.717, 1.165) is 0 Å². The Morgan fingerprint density at radius 2 is 1.31 bits per heavy atom. The van der Waals surface area contributed by atoms with E-state index in [-0.39, 0.29) is 0 Å². The van der Waals surface area contributed by atoms with Gasteiger partial charge < -0.3 is 0 Å². The number of hydrogen-bond donors (Lipinski definition) is 0. The molecule has 0 aromatic rings. The van der Waals surface area contributed by atoms with E-state index in [0.29, 0.717) is 0 Å². The molecule has 0 bridgehead atoms. The van der Waals surface area contributed by atoms with Crippen LogP contribution in [0.4, 0.5) is 35.1 Å². The lowest BCUT2D eigenvalue weighted by molar-refractivity contribution is -0.413. The third kappa shape index (κ3) is 1.19. The van der Waals surface area contributed by atoms with Gasteiger partial charge in [-0.05, 0) is 0 Å². The maximum absolute atomic E-state index is 12.6. The molecule has 1 atom stereocenters. The van der Waals surface area contributed by atoms with Gasteiger partial charge in [0.05, 0.1) is 0 Å². The molecule has 96 valence electrons. The molecule has 0 aliphatic carbocycles. The molecule has 1 unspecified atom stereocenters. The Kier molecular flexibility index (Phi) is 2.33. The predicted molar refractivity (Wildman–Crippen MR) is 29.8 cm³/mol. The Morgan fingerprint density at radius 3 is 1.50 bits per heavy atom. The van der Waals surface area contributed by atoms with E-state index in [1.54, 1.807) is 0 Å². The molecule has 0 radical (unpaired) electrons. The largest absolute Gasteiger partial charge is 0.459 e. The van der Waals surface area contributed by atoms with Gasteiger partial charge in [-0.1, -0.05) is 0 Å². The lowest BCUT2D eigenvalue weighted by atomic mass is 10.1. The van der Waals surface area contributed by atoms with Crippen LogP contribution in [0.3, 0.4) is 0 Å². The second-order valence-electron chi connectivity index (χ2n) is 2.72. The van der Waals surface area contributed by atoms with Crippen LogP contribution in [-0.4, -0.2) is 31.6 Å². The van der Waals surface area contributed by atoms with Crippen molar-refractivity contribution in [2.75, 3.05) is 0 Å². The van der Waals surface area contributed by atoms with E-state index in [4.69, 9.17) is 0 Å². The second-order valence-corrected chi connectivity index (χ2v) is 4.31. The summed E-state index contributed by atoms with van der Waals surface area (Å²) in [6, 6.07) is 0. The van der Waals surface area contributed by atoms with Crippen LogP contribution in [0.2, 0.25) is 0 Å². The zero-order chi connectivity index (χ0) is 13.2. The molecule has 16 heavy (non-hydrogen) atoms. The fraction of sp³-hybridized carbons (Fsp3) is 1.00. The maximum atomic E-state index is 12.6. The molecule has 0 spiro atoms. The van der Waals surface area contributed by atoms with Gasteiger partial charge in [-0.25, -0.2) is 4.18 Å². The highest BCUT2D eigenvalue weighted by Crippen LogP contribution is 2.61. The molecule has 1 rings (SSSR count). The topological polar surface area (TPSA) is 43.4 Å². The fourth-order valence-electron chi connectivity index (χ4n) is 0.796. The number of hydrogen-bond acceptors (Lipinski definition) is 3. The van der Waals surface area contributed by atoms with Crippen LogP contribution in [0.25, 0.3) is 0 Å². The Hall–Kier alpha value is -0.650. The van der Waals surface area contributed by atoms with Crippen molar-refractivity contribution in [1.82, 2.24) is 0 Å². The van der Waals surface area contributed by atoms with Gasteiger partial charge in [0, 0.05) is 0 Å². The minimum Gasteiger partial charge on any atom is -0.211 e. The van der Waals surface area contributed by atoms with E-state index in [9.17, 15) is 43.5 Å². The molecular formula is C4F8O3S. The highest BCUT2D eigenvalue weighted by Gasteiger charge is 2.93. The molecule has 0 amide bonds. The summed E-state index contributed by atoms with van der Waals surface area (Å²) in [5, 5.41) is -5.97. The van der Waals surface area contributed by atoms with E-state index < -0.39 is 33.3 Å². The zero-order valence-corrected chi connectivity index (χ0v) is 7.47. The SMILES string of the molecule is O=S1(=O)OC(F)(C(F)(F)C(F)(F)F)C1(F)F. The van der Waals surface area contributed by atoms with Gasteiger partial charge in [-0.2, -0.15) is 43.5 Å². The smallest absolute Gasteiger partial charge is 0.211 e. The van der Waals surface area contributed by atoms with Gasteiger partial charge in [0.1, 0.15) is 0 Å². The summed E-state index contributed by atoms with van der Waals surface area (Å²) in [7, 11) is -6.10. The highest BCUT2D eigenvalue weighted by molar-refractivity contribution is 7.89. The van der Waals surface area contributed by atoms with Crippen LogP contribution in [0.15, 0.2) is 0 Å². The molecule has 1 aliphatic rings. The number of rotatable bonds is 1. The molecule has 0 N–H and O–H groups in total. The van der Waals surface area contributed by atoms with Crippen LogP contribution in [0.5, 0.6) is 0 Å². The minimum absolute atomic E-state index is 2.41. The first-order valence-corrected chi connectivity index (χ1v) is 4.58. The van der Waals surface area contributed by atoms with Gasteiger partial charge >= 0.3 is 33.3 Å². The van der Waals surface area contributed by atoms with Gasteiger partial charge in [-0.3, -0.25) is 0 Å². The van der Waals surface area contributed by atoms with Crippen LogP contribution >= 0.6 is 0 Å². The summed E-state index contributed by atoms with van der Waals surface area (Å²) in [5.41, 5.74) is 0. The first-order chi connectivity index (χ1) is 6.71. The number of alkyl halides is 8. The lowest BCUT2D eigenvalue weighted by Crippen LogP contribution is -2.75. The monoisotopic (exact) mass is 280 g/mol. The molecule has 12 heteroatoms. The summed E-state index contributed by atoms with van der Waals surface area (Å²) in [5.74, 6) is -12.6. The van der Waals surface area contributed by atoms with Crippen molar-refractivity contribution >= 4 is 10.1 Å². The summed E-state index contributed by atoms with van der Waals surface area (Å²) in [6.07, 6.45) is -6.72. The average molecular weight is 280 g/mol. The van der Waals surface area contributed by atoms with Gasteiger partial charge in [-0.15, -0.1) is 0 Å². The summed E-state index contributed by atoms with van der Waals surface area (Å²) < 4.78 is 119. The van der Waals surface area contributed by atoms with Crippen molar-refractivity contribution in [3.63, 3.8) is 0 Å². The van der Waals surface area contributed by atoms with Crippen molar-refractivity contribution in [2.45, 2.75) is 23.2 Å². The third-order valence-corrected chi connectivity index (χ3v) is 3.01. The summed E-state index contributed by atoms with van der Waals surface area (Å²) in [4.78, 5) is 0. The minimum atomic E-state index is -6.72. The van der Waals surface area contributed by atoms with Crippen LogP contribution in [0, 0.1) is 0 Å². The number of halogens is 8. The van der Waals surface area contributed by atoms with Crippen molar-refractivity contribution in [2.24, 2.45) is 0 Å². The van der Waals surface area contributed by atoms with E-state index in [1.807, 2.05) is 0 Å². The normalized spacial score (nSPS) is 33.2. The molecule has 0 aromatic carbocycles. The van der Waals surface area contributed by atoms with E-state index in [2.05, 4.69) is 4.18 Å². The zero-order valence-electron chi connectivity index (χ0n) is 6.66. The molecule has 0 saturated carbocycles. The first-order valence-electron chi connectivity index (χ1n) is 3.17. The van der Waals surface area contributed by atoms with Crippen LogP contribution in [0.1, 0.15) is 0 Å². The lowest BCUT2D eigenvalue weighted by Gasteiger charge is -2.44. The van der Waals surface area contributed by atoms with Crippen molar-refractivity contribution in [3.05, 3.63) is 0 Å². The Balaban J connectivity index is 3.28. The second kappa shape index (κ2) is 2.78. The average Bonchev–Trinajstić information content (AvgIpc) is 2.00. The van der Waals surface area contributed by atoms with Crippen molar-refractivity contribution in [1.29, 1.82) is 0 Å². The van der Waals surface area contributed by atoms with Gasteiger partial charge in [0.2, 0.25) is 0 Å². The molecule has 1 saturated heterocycles. The summed E-state index contributed by atoms with van der Waals surface area (Å²) >= 11 is 0. The standard InChI is InChI=1S/C4F8O3S/c5-1(6,3(8,9)10)2(7)4(11,12)16(13,14)15-2. The molecular weight excluding hydrogens is 280 g/mol. The van der Waals surface area contributed by atoms with Crippen molar-refractivity contribution in [3.8, 4) is 0 Å².